The SMILES string of the molecule is NCc1ncc([N+](=O)[O-])c(OC(F)(F)F)c1N. The van der Waals surface area contributed by atoms with E-state index in [1.165, 1.54) is 0 Å². The van der Waals surface area contributed by atoms with E-state index in [1.54, 1.807) is 0 Å². The number of pyridine rings is 1. The number of hydrogen-bond acceptors (Lipinski definition) is 6. The molecular formula is C7H7F3N4O3. The van der Waals surface area contributed by atoms with Crippen LogP contribution < -0.4 is 16.2 Å². The molecule has 0 saturated heterocycles. The minimum Gasteiger partial charge on any atom is -0.396 e. The second-order valence-corrected chi connectivity index (χ2v) is 2.84. The van der Waals surface area contributed by atoms with Gasteiger partial charge in [0.2, 0.25) is 5.75 Å². The van der Waals surface area contributed by atoms with Crippen molar-refractivity contribution in [3.63, 3.8) is 0 Å². The maximum Gasteiger partial charge on any atom is 0.573 e. The predicted octanol–water partition coefficient (Wildman–Crippen LogP) is 0.929. The Balaban J connectivity index is 3.35. The lowest BCUT2D eigenvalue weighted by atomic mass is 10.2. The van der Waals surface area contributed by atoms with Crippen molar-refractivity contribution >= 4 is 11.4 Å². The van der Waals surface area contributed by atoms with Crippen LogP contribution in [-0.4, -0.2) is 16.3 Å². The molecule has 0 aliphatic carbocycles. The van der Waals surface area contributed by atoms with E-state index in [0.29, 0.717) is 6.20 Å². The van der Waals surface area contributed by atoms with Crippen LogP contribution in [0.15, 0.2) is 6.20 Å². The number of nitrogens with zero attached hydrogens (tertiary/aromatic N) is 2. The first-order valence-electron chi connectivity index (χ1n) is 4.13. The van der Waals surface area contributed by atoms with Crippen LogP contribution in [0.2, 0.25) is 0 Å². The number of alkyl halides is 3. The van der Waals surface area contributed by atoms with Crippen molar-refractivity contribution in [1.82, 2.24) is 4.98 Å². The van der Waals surface area contributed by atoms with Crippen molar-refractivity contribution in [2.45, 2.75) is 12.9 Å². The first kappa shape index (κ1) is 13.0. The molecule has 0 aliphatic heterocycles. The molecule has 10 heteroatoms. The van der Waals surface area contributed by atoms with E-state index < -0.39 is 28.4 Å². The first-order chi connectivity index (χ1) is 7.76. The Hall–Kier alpha value is -2.10. The molecule has 4 N–H and O–H groups in total. The number of anilines is 1. The standard InChI is InChI=1S/C7H7F3N4O3/c8-7(9,10)17-6-4(14(15)16)2-13-3(1-11)5(6)12/h2H,1,11-12H2. The molecule has 1 heterocycles. The third kappa shape index (κ3) is 2.93. The van der Waals surface area contributed by atoms with E-state index in [9.17, 15) is 23.3 Å². The van der Waals surface area contributed by atoms with Crippen molar-refractivity contribution in [1.29, 1.82) is 0 Å². The summed E-state index contributed by atoms with van der Waals surface area (Å²) >= 11 is 0. The number of rotatable bonds is 3. The number of ether oxygens (including phenoxy) is 1. The van der Waals surface area contributed by atoms with Gasteiger partial charge in [-0.1, -0.05) is 0 Å². The van der Waals surface area contributed by atoms with Crippen LogP contribution in [0.5, 0.6) is 5.75 Å². The molecular weight excluding hydrogens is 245 g/mol. The quantitative estimate of drug-likeness (QED) is 0.610. The largest absolute Gasteiger partial charge is 0.573 e. The Bertz CT molecular complexity index is 449. The maximum absolute atomic E-state index is 12.0. The highest BCUT2D eigenvalue weighted by atomic mass is 19.4. The zero-order valence-electron chi connectivity index (χ0n) is 8.19. The summed E-state index contributed by atoms with van der Waals surface area (Å²) in [5.74, 6) is -1.10. The van der Waals surface area contributed by atoms with E-state index in [4.69, 9.17) is 11.5 Å². The summed E-state index contributed by atoms with van der Waals surface area (Å²) in [4.78, 5) is 12.9. The molecule has 0 spiro atoms. The fraction of sp³-hybridized carbons (Fsp3) is 0.286. The predicted molar refractivity (Wildman–Crippen MR) is 49.9 cm³/mol. The monoisotopic (exact) mass is 252 g/mol. The maximum atomic E-state index is 12.0. The zero-order chi connectivity index (χ0) is 13.2. The smallest absolute Gasteiger partial charge is 0.396 e. The summed E-state index contributed by atoms with van der Waals surface area (Å²) in [7, 11) is 0. The second kappa shape index (κ2) is 4.41. The van der Waals surface area contributed by atoms with Gasteiger partial charge in [-0.05, 0) is 0 Å². The van der Waals surface area contributed by atoms with Gasteiger partial charge in [0.25, 0.3) is 0 Å². The van der Waals surface area contributed by atoms with Gasteiger partial charge in [-0.2, -0.15) is 0 Å². The zero-order valence-corrected chi connectivity index (χ0v) is 8.19. The van der Waals surface area contributed by atoms with Gasteiger partial charge in [0.05, 0.1) is 10.6 Å². The lowest BCUT2D eigenvalue weighted by molar-refractivity contribution is -0.388. The summed E-state index contributed by atoms with van der Waals surface area (Å²) in [5, 5.41) is 10.5. The van der Waals surface area contributed by atoms with Gasteiger partial charge in [0.15, 0.2) is 0 Å². The lowest BCUT2D eigenvalue weighted by Crippen LogP contribution is -2.20. The van der Waals surface area contributed by atoms with E-state index in [-0.39, 0.29) is 12.2 Å². The van der Waals surface area contributed by atoms with Gasteiger partial charge in [-0.3, -0.25) is 15.1 Å². The van der Waals surface area contributed by atoms with Crippen LogP contribution in [0.4, 0.5) is 24.5 Å². The molecule has 0 unspecified atom stereocenters. The van der Waals surface area contributed by atoms with E-state index >= 15 is 0 Å². The third-order valence-corrected chi connectivity index (χ3v) is 1.74. The summed E-state index contributed by atoms with van der Waals surface area (Å²) in [5.41, 5.74) is 8.74. The Kier molecular flexibility index (Phi) is 3.36. The molecule has 7 nitrogen and oxygen atoms in total. The normalized spacial score (nSPS) is 11.3. The van der Waals surface area contributed by atoms with Gasteiger partial charge >= 0.3 is 12.0 Å². The topological polar surface area (TPSA) is 117 Å². The Morgan fingerprint density at radius 1 is 1.53 bits per heavy atom. The summed E-state index contributed by atoms with van der Waals surface area (Å²) < 4.78 is 39.7. The van der Waals surface area contributed by atoms with E-state index in [0.717, 1.165) is 0 Å². The highest BCUT2D eigenvalue weighted by molar-refractivity contribution is 5.65. The van der Waals surface area contributed by atoms with Crippen LogP contribution in [0.25, 0.3) is 0 Å². The van der Waals surface area contributed by atoms with Gasteiger partial charge in [0, 0.05) is 6.54 Å². The van der Waals surface area contributed by atoms with Crippen LogP contribution >= 0.6 is 0 Å². The molecule has 0 aliphatic rings. The highest BCUT2D eigenvalue weighted by Crippen LogP contribution is 2.37. The molecule has 0 fully saturated rings. The van der Waals surface area contributed by atoms with Gasteiger partial charge in [0.1, 0.15) is 11.9 Å². The number of nitrogen functional groups attached to an aromatic ring is 1. The molecule has 0 atom stereocenters. The Morgan fingerprint density at radius 3 is 2.53 bits per heavy atom. The minimum absolute atomic E-state index is 0.116. The molecule has 1 rings (SSSR count). The van der Waals surface area contributed by atoms with Crippen molar-refractivity contribution in [2.75, 3.05) is 5.73 Å². The molecule has 0 aromatic carbocycles. The molecule has 94 valence electrons. The molecule has 0 saturated carbocycles. The Labute approximate surface area is 92.3 Å². The van der Waals surface area contributed by atoms with Crippen molar-refractivity contribution < 1.29 is 22.8 Å². The first-order valence-corrected chi connectivity index (χ1v) is 4.13. The second-order valence-electron chi connectivity index (χ2n) is 2.84. The van der Waals surface area contributed by atoms with Crippen molar-refractivity contribution in [3.8, 4) is 5.75 Å². The molecule has 1 aromatic rings. The van der Waals surface area contributed by atoms with Crippen molar-refractivity contribution in [3.05, 3.63) is 22.0 Å². The van der Waals surface area contributed by atoms with Crippen molar-refractivity contribution in [2.24, 2.45) is 5.73 Å². The highest BCUT2D eigenvalue weighted by Gasteiger charge is 2.36. The molecule has 0 amide bonds. The number of nitrogens with two attached hydrogens (primary N) is 2. The average Bonchev–Trinajstić information content (AvgIpc) is 2.18. The summed E-state index contributed by atoms with van der Waals surface area (Å²) in [6, 6.07) is 0. The van der Waals surface area contributed by atoms with Crippen LogP contribution in [0.3, 0.4) is 0 Å². The number of hydrogen-bond donors (Lipinski definition) is 2. The number of aromatic nitrogens is 1. The average molecular weight is 252 g/mol. The molecule has 0 radical (unpaired) electrons. The van der Waals surface area contributed by atoms with Crippen LogP contribution in [0.1, 0.15) is 5.69 Å². The molecule has 1 aromatic heterocycles. The number of nitro groups is 1. The molecule has 0 bridgehead atoms. The summed E-state index contributed by atoms with van der Waals surface area (Å²) in [6.07, 6.45) is -4.48. The fourth-order valence-electron chi connectivity index (χ4n) is 1.05. The minimum atomic E-state index is -5.09. The van der Waals surface area contributed by atoms with E-state index in [1.807, 2.05) is 0 Å². The Morgan fingerprint density at radius 2 is 2.12 bits per heavy atom. The van der Waals surface area contributed by atoms with Gasteiger partial charge in [-0.15, -0.1) is 13.2 Å². The lowest BCUT2D eigenvalue weighted by Gasteiger charge is -2.12. The van der Waals surface area contributed by atoms with Crippen LogP contribution in [0, 0.1) is 10.1 Å². The number of halogens is 3. The van der Waals surface area contributed by atoms with Gasteiger partial charge < -0.3 is 16.2 Å². The fourth-order valence-corrected chi connectivity index (χ4v) is 1.05. The molecule has 17 heavy (non-hydrogen) atoms. The van der Waals surface area contributed by atoms with Gasteiger partial charge in [-0.25, -0.2) is 0 Å². The third-order valence-electron chi connectivity index (χ3n) is 1.74. The van der Waals surface area contributed by atoms with E-state index in [2.05, 4.69) is 9.72 Å². The summed E-state index contributed by atoms with van der Waals surface area (Å²) in [6.45, 7) is -0.266. The van der Waals surface area contributed by atoms with Crippen LogP contribution in [-0.2, 0) is 6.54 Å².